The van der Waals surface area contributed by atoms with Crippen LogP contribution in [-0.2, 0) is 16.1 Å². The van der Waals surface area contributed by atoms with E-state index in [1.165, 1.54) is 33.5 Å². The van der Waals surface area contributed by atoms with Crippen molar-refractivity contribution >= 4 is 22.7 Å². The molecule has 0 spiro atoms. The summed E-state index contributed by atoms with van der Waals surface area (Å²) in [6.45, 7) is 2.20. The molecule has 1 aromatic heterocycles. The van der Waals surface area contributed by atoms with Crippen molar-refractivity contribution in [3.05, 3.63) is 83.2 Å². The van der Waals surface area contributed by atoms with Gasteiger partial charge >= 0.3 is 0 Å². The van der Waals surface area contributed by atoms with Gasteiger partial charge in [-0.15, -0.1) is 0 Å². The van der Waals surface area contributed by atoms with E-state index < -0.39 is 30.1 Å². The summed E-state index contributed by atoms with van der Waals surface area (Å²) in [5.74, 6) is 0.507. The van der Waals surface area contributed by atoms with E-state index in [0.29, 0.717) is 34.8 Å². The number of methoxy groups -OCH3 is 3. The third kappa shape index (κ3) is 6.72. The van der Waals surface area contributed by atoms with Crippen LogP contribution in [0.4, 0.5) is 24.9 Å². The number of benzene rings is 3. The second-order valence-electron chi connectivity index (χ2n) is 8.89. The average Bonchev–Trinajstić information content (AvgIpc) is 2.96. The van der Waals surface area contributed by atoms with Crippen LogP contribution in [0.2, 0.25) is 0 Å². The molecule has 0 aliphatic heterocycles. The number of nitrogens with one attached hydrogen (secondary N) is 2. The number of ether oxygens (including phenoxy) is 4. The molecule has 0 saturated carbocycles. The van der Waals surface area contributed by atoms with Gasteiger partial charge in [0.05, 0.1) is 30.8 Å². The number of hydrogen-bond acceptors (Lipinski definition) is 8. The maximum absolute atomic E-state index is 15.0. The average molecular weight is 557 g/mol. The Labute approximate surface area is 230 Å². The maximum Gasteiger partial charge on any atom is 0.266 e. The predicted molar refractivity (Wildman–Crippen MR) is 147 cm³/mol. The van der Waals surface area contributed by atoms with Crippen LogP contribution >= 0.6 is 0 Å². The first-order chi connectivity index (χ1) is 19.3. The van der Waals surface area contributed by atoms with Gasteiger partial charge in [0.25, 0.3) is 6.43 Å². The normalized spacial score (nSPS) is 12.1. The molecule has 1 atom stereocenters. The summed E-state index contributed by atoms with van der Waals surface area (Å²) in [6, 6.07) is 16.3. The molecule has 8 nitrogen and oxygen atoms in total. The lowest BCUT2D eigenvalue weighted by atomic mass is 10.0. The molecule has 4 rings (SSSR count). The topological polar surface area (TPSA) is 86.8 Å². The van der Waals surface area contributed by atoms with Gasteiger partial charge in [-0.05, 0) is 18.6 Å². The van der Waals surface area contributed by atoms with E-state index in [0.717, 1.165) is 11.6 Å². The van der Waals surface area contributed by atoms with E-state index in [-0.39, 0.29) is 18.1 Å². The Morgan fingerprint density at radius 2 is 1.60 bits per heavy atom. The van der Waals surface area contributed by atoms with Crippen molar-refractivity contribution in [2.24, 2.45) is 0 Å². The van der Waals surface area contributed by atoms with Gasteiger partial charge in [0, 0.05) is 31.2 Å². The lowest BCUT2D eigenvalue weighted by molar-refractivity contribution is -0.0914. The summed E-state index contributed by atoms with van der Waals surface area (Å²) >= 11 is 0. The Hall–Kier alpha value is -4.09. The molecule has 11 heteroatoms. The van der Waals surface area contributed by atoms with E-state index in [1.807, 2.05) is 30.3 Å². The van der Waals surface area contributed by atoms with Crippen molar-refractivity contribution in [2.75, 3.05) is 38.5 Å². The van der Waals surface area contributed by atoms with E-state index in [2.05, 4.69) is 20.6 Å². The zero-order valence-corrected chi connectivity index (χ0v) is 22.6. The summed E-state index contributed by atoms with van der Waals surface area (Å²) in [7, 11) is 4.55. The highest BCUT2D eigenvalue weighted by atomic mass is 19.3. The molecule has 0 amide bonds. The van der Waals surface area contributed by atoms with E-state index >= 15 is 0 Å². The fraction of sp³-hybridized carbons (Fsp3) is 0.310. The van der Waals surface area contributed by atoms with Crippen LogP contribution in [-0.4, -0.2) is 44.1 Å². The van der Waals surface area contributed by atoms with Gasteiger partial charge in [0.1, 0.15) is 18.2 Å². The molecule has 4 aromatic rings. The van der Waals surface area contributed by atoms with Gasteiger partial charge < -0.3 is 29.6 Å². The number of halogens is 3. The number of nitrogens with zero attached hydrogens (tertiary/aromatic N) is 2. The first kappa shape index (κ1) is 28.9. The van der Waals surface area contributed by atoms with E-state index in [9.17, 15) is 13.2 Å². The van der Waals surface area contributed by atoms with Gasteiger partial charge in [-0.2, -0.15) is 4.98 Å². The smallest absolute Gasteiger partial charge is 0.266 e. The zero-order chi connectivity index (χ0) is 28.6. The quantitative estimate of drug-likeness (QED) is 0.181. The largest absolute Gasteiger partial charge is 0.493 e. The number of aromatic nitrogens is 2. The van der Waals surface area contributed by atoms with E-state index in [4.69, 9.17) is 18.9 Å². The zero-order valence-electron chi connectivity index (χ0n) is 22.6. The number of fused-ring (bicyclic) bond motifs is 1. The van der Waals surface area contributed by atoms with Crippen LogP contribution in [0.3, 0.4) is 0 Å². The molecule has 2 N–H and O–H groups in total. The molecule has 3 aromatic carbocycles. The summed E-state index contributed by atoms with van der Waals surface area (Å²) in [6.07, 6.45) is -3.49. The number of hydrogen-bond donors (Lipinski definition) is 2. The van der Waals surface area contributed by atoms with Gasteiger partial charge in [0.2, 0.25) is 5.95 Å². The monoisotopic (exact) mass is 556 g/mol. The van der Waals surface area contributed by atoms with Crippen molar-refractivity contribution in [3.63, 3.8) is 0 Å². The molecular weight excluding hydrogens is 525 g/mol. The van der Waals surface area contributed by atoms with Crippen molar-refractivity contribution in [1.29, 1.82) is 0 Å². The molecule has 0 saturated heterocycles. The highest BCUT2D eigenvalue weighted by Gasteiger charge is 2.21. The molecule has 0 aliphatic rings. The number of rotatable bonds is 13. The molecule has 0 bridgehead atoms. The summed E-state index contributed by atoms with van der Waals surface area (Å²) in [5, 5.41) is 6.79. The molecular formula is C29H31F3N4O4. The Morgan fingerprint density at radius 1 is 0.875 bits per heavy atom. The molecule has 40 heavy (non-hydrogen) atoms. The lowest BCUT2D eigenvalue weighted by Crippen LogP contribution is -2.24. The van der Waals surface area contributed by atoms with Crippen LogP contribution in [0.5, 0.6) is 11.5 Å². The van der Waals surface area contributed by atoms with Gasteiger partial charge in [-0.25, -0.2) is 18.2 Å². The maximum atomic E-state index is 15.0. The van der Waals surface area contributed by atoms with Crippen LogP contribution in [0.25, 0.3) is 10.9 Å². The number of anilines is 2. The molecule has 0 aliphatic carbocycles. The Morgan fingerprint density at radius 3 is 2.27 bits per heavy atom. The lowest BCUT2D eigenvalue weighted by Gasteiger charge is -2.20. The molecule has 212 valence electrons. The number of alkyl halides is 2. The second kappa shape index (κ2) is 13.3. The first-order valence-corrected chi connectivity index (χ1v) is 12.5. The van der Waals surface area contributed by atoms with Crippen molar-refractivity contribution in [2.45, 2.75) is 32.3 Å². The highest BCUT2D eigenvalue weighted by molar-refractivity contribution is 5.93. The van der Waals surface area contributed by atoms with Gasteiger partial charge in [-0.1, -0.05) is 48.5 Å². The molecule has 0 fully saturated rings. The molecule has 0 radical (unpaired) electrons. The second-order valence-corrected chi connectivity index (χ2v) is 8.89. The van der Waals surface area contributed by atoms with Gasteiger partial charge in [-0.3, -0.25) is 0 Å². The van der Waals surface area contributed by atoms with Crippen LogP contribution in [0.1, 0.15) is 36.1 Å². The van der Waals surface area contributed by atoms with Crippen molar-refractivity contribution in [1.82, 2.24) is 9.97 Å². The van der Waals surface area contributed by atoms with Crippen molar-refractivity contribution < 1.29 is 32.1 Å². The summed E-state index contributed by atoms with van der Waals surface area (Å²) in [4.78, 5) is 9.19. The van der Waals surface area contributed by atoms with Crippen molar-refractivity contribution in [3.8, 4) is 11.5 Å². The minimum Gasteiger partial charge on any atom is -0.493 e. The molecule has 1 unspecified atom stereocenters. The van der Waals surface area contributed by atoms with E-state index in [1.54, 1.807) is 19.1 Å². The minimum absolute atomic E-state index is 0.0759. The first-order valence-electron chi connectivity index (χ1n) is 12.5. The third-order valence-corrected chi connectivity index (χ3v) is 6.28. The Kier molecular flexibility index (Phi) is 9.62. The molecule has 1 heterocycles. The minimum atomic E-state index is -2.94. The fourth-order valence-corrected chi connectivity index (χ4v) is 4.13. The van der Waals surface area contributed by atoms with Gasteiger partial charge in [0.15, 0.2) is 17.8 Å². The standard InChI is InChI=1S/C29H31F3N4O4/c1-17(19-11-8-12-20(26(19)30)27(31)32)34-28-21-13-24(40-16-18-9-6-5-7-10-18)23(37-2)14-22(21)35-29(36-28)33-15-25(38-3)39-4/h5-14,17,25,27H,15-16H2,1-4H3,(H2,33,34,35,36). The fourth-order valence-electron chi connectivity index (χ4n) is 4.13. The Bertz CT molecular complexity index is 1420. The van der Waals surface area contributed by atoms with Crippen LogP contribution in [0, 0.1) is 5.82 Å². The third-order valence-electron chi connectivity index (χ3n) is 6.28. The summed E-state index contributed by atoms with van der Waals surface area (Å²) in [5.41, 5.74) is 0.886. The highest BCUT2D eigenvalue weighted by Crippen LogP contribution is 2.37. The van der Waals surface area contributed by atoms with Crippen LogP contribution in [0.15, 0.2) is 60.7 Å². The van der Waals surface area contributed by atoms with Crippen LogP contribution < -0.4 is 20.1 Å². The SMILES string of the molecule is COc1cc2nc(NCC(OC)OC)nc(NC(C)c3cccc(C(F)F)c3F)c2cc1OCc1ccccc1. The Balaban J connectivity index is 1.74. The summed E-state index contributed by atoms with van der Waals surface area (Å²) < 4.78 is 63.7. The predicted octanol–water partition coefficient (Wildman–Crippen LogP) is 6.50.